The molecule has 1 heterocycles. The number of carbonyl (C=O) groups excluding carboxylic acids is 3. The molecule has 0 fully saturated rings. The van der Waals surface area contributed by atoms with Crippen molar-refractivity contribution in [3.8, 4) is 0 Å². The van der Waals surface area contributed by atoms with Gasteiger partial charge < -0.3 is 10.2 Å². The molecule has 37 heavy (non-hydrogen) atoms. The third kappa shape index (κ3) is 5.79. The van der Waals surface area contributed by atoms with Crippen LogP contribution < -0.4 is 10.2 Å². The highest BCUT2D eigenvalue weighted by molar-refractivity contribution is 6.20. The number of allylic oxidation sites excluding steroid dienone is 2. The van der Waals surface area contributed by atoms with E-state index in [4.69, 9.17) is 4.99 Å². The molecule has 1 N–H and O–H groups in total. The van der Waals surface area contributed by atoms with Crippen molar-refractivity contribution in [3.63, 3.8) is 0 Å². The number of para-hydroxylation sites is 1. The van der Waals surface area contributed by atoms with Crippen molar-refractivity contribution in [1.29, 1.82) is 0 Å². The fraction of sp³-hybridized carbons (Fsp3) is 0.355. The maximum atomic E-state index is 14.0. The number of nitrogens with one attached hydrogen (secondary N) is 1. The lowest BCUT2D eigenvalue weighted by molar-refractivity contribution is -0.141. The van der Waals surface area contributed by atoms with E-state index in [9.17, 15) is 14.4 Å². The van der Waals surface area contributed by atoms with E-state index in [1.54, 1.807) is 19.2 Å². The summed E-state index contributed by atoms with van der Waals surface area (Å²) in [6.45, 7) is 13.2. The van der Waals surface area contributed by atoms with Gasteiger partial charge in [0, 0.05) is 23.6 Å². The first-order chi connectivity index (χ1) is 17.7. The topological polar surface area (TPSA) is 78.8 Å². The highest BCUT2D eigenvalue weighted by Gasteiger charge is 2.46. The summed E-state index contributed by atoms with van der Waals surface area (Å²) < 4.78 is 0. The van der Waals surface area contributed by atoms with Gasteiger partial charge in [-0.3, -0.25) is 14.4 Å². The van der Waals surface area contributed by atoms with Crippen LogP contribution in [0.1, 0.15) is 51.2 Å². The van der Waals surface area contributed by atoms with Crippen LogP contribution in [-0.4, -0.2) is 36.5 Å². The number of aliphatic imine (C=N–C) groups is 1. The lowest BCUT2D eigenvalue weighted by atomic mass is 9.65. The number of carbonyl (C=O) groups is 3. The molecule has 6 heteroatoms. The van der Waals surface area contributed by atoms with Crippen LogP contribution in [0.25, 0.3) is 0 Å². The summed E-state index contributed by atoms with van der Waals surface area (Å²) in [4.78, 5) is 46.9. The SMILES string of the molecule is C=CCC(CC=C)(C(C)=O)[C@@H](CC(C)C)C(=O)N[C@H]1N=C(c2ccccc2)c2ccccc2N(C)C1=O. The number of rotatable bonds is 11. The van der Waals surface area contributed by atoms with Crippen molar-refractivity contribution < 1.29 is 14.4 Å². The molecule has 2 aromatic rings. The molecule has 6 nitrogen and oxygen atoms in total. The lowest BCUT2D eigenvalue weighted by Crippen LogP contribution is -2.52. The minimum absolute atomic E-state index is 0.0988. The summed E-state index contributed by atoms with van der Waals surface area (Å²) >= 11 is 0. The molecular formula is C31H37N3O3. The molecule has 0 bridgehead atoms. The quantitative estimate of drug-likeness (QED) is 0.424. The summed E-state index contributed by atoms with van der Waals surface area (Å²) in [5, 5.41) is 2.92. The second-order valence-corrected chi connectivity index (χ2v) is 10.0. The molecule has 0 radical (unpaired) electrons. The zero-order valence-corrected chi connectivity index (χ0v) is 22.2. The molecule has 2 atom stereocenters. The number of nitrogens with zero attached hydrogens (tertiary/aromatic N) is 2. The Morgan fingerprint density at radius 3 is 2.22 bits per heavy atom. The summed E-state index contributed by atoms with van der Waals surface area (Å²) in [7, 11) is 1.69. The molecule has 0 saturated carbocycles. The zero-order chi connectivity index (χ0) is 27.2. The summed E-state index contributed by atoms with van der Waals surface area (Å²) in [5.41, 5.74) is 1.98. The first kappa shape index (κ1) is 27.8. The van der Waals surface area contributed by atoms with Crippen molar-refractivity contribution in [3.05, 3.63) is 91.0 Å². The van der Waals surface area contributed by atoms with Gasteiger partial charge in [0.2, 0.25) is 12.1 Å². The number of hydrogen-bond donors (Lipinski definition) is 1. The van der Waals surface area contributed by atoms with E-state index >= 15 is 0 Å². The Morgan fingerprint density at radius 2 is 1.65 bits per heavy atom. The van der Waals surface area contributed by atoms with E-state index in [0.717, 1.165) is 11.1 Å². The maximum Gasteiger partial charge on any atom is 0.272 e. The first-order valence-electron chi connectivity index (χ1n) is 12.7. The number of amides is 2. The standard InChI is InChI=1S/C31H37N3O3/c1-7-18-31(19-8-2,22(5)35)25(20-21(3)4)29(36)33-28-30(37)34(6)26-17-13-12-16-24(26)27(32-28)23-14-10-9-11-15-23/h7-17,21,25,28H,1-2,18-20H2,3-6H3,(H,33,36)/t25-,28+/m0/s1. The van der Waals surface area contributed by atoms with Gasteiger partial charge in [-0.15, -0.1) is 13.2 Å². The largest absolute Gasteiger partial charge is 0.326 e. The van der Waals surface area contributed by atoms with Crippen molar-refractivity contribution in [2.75, 3.05) is 11.9 Å². The number of likely N-dealkylation sites (N-methyl/N-ethyl adjacent to an activating group) is 1. The molecule has 3 rings (SSSR count). The Bertz CT molecular complexity index is 1190. The predicted octanol–water partition coefficient (Wildman–Crippen LogP) is 5.33. The Kier molecular flexibility index (Phi) is 8.98. The Hall–Kier alpha value is -3.80. The molecule has 0 saturated heterocycles. The zero-order valence-electron chi connectivity index (χ0n) is 22.2. The van der Waals surface area contributed by atoms with Gasteiger partial charge in [0.05, 0.1) is 17.3 Å². The van der Waals surface area contributed by atoms with E-state index in [2.05, 4.69) is 18.5 Å². The molecule has 194 valence electrons. The van der Waals surface area contributed by atoms with Gasteiger partial charge in [-0.25, -0.2) is 4.99 Å². The van der Waals surface area contributed by atoms with E-state index in [1.165, 1.54) is 11.8 Å². The minimum Gasteiger partial charge on any atom is -0.326 e. The van der Waals surface area contributed by atoms with E-state index < -0.39 is 17.5 Å². The van der Waals surface area contributed by atoms with E-state index in [0.29, 0.717) is 30.7 Å². The smallest absolute Gasteiger partial charge is 0.272 e. The number of fused-ring (bicyclic) bond motifs is 1. The number of hydrogen-bond acceptors (Lipinski definition) is 4. The Balaban J connectivity index is 2.10. The molecule has 2 aromatic carbocycles. The van der Waals surface area contributed by atoms with Crippen molar-refractivity contribution in [2.45, 2.75) is 46.2 Å². The third-order valence-corrected chi connectivity index (χ3v) is 7.08. The van der Waals surface area contributed by atoms with Gasteiger partial charge in [0.15, 0.2) is 0 Å². The average Bonchev–Trinajstić information content (AvgIpc) is 2.98. The summed E-state index contributed by atoms with van der Waals surface area (Å²) in [5.74, 6) is -1.36. The van der Waals surface area contributed by atoms with Gasteiger partial charge in [-0.05, 0) is 38.2 Å². The second-order valence-electron chi connectivity index (χ2n) is 10.0. The van der Waals surface area contributed by atoms with E-state index in [-0.39, 0.29) is 23.5 Å². The van der Waals surface area contributed by atoms with Crippen LogP contribution >= 0.6 is 0 Å². The fourth-order valence-corrected chi connectivity index (χ4v) is 5.15. The highest BCUT2D eigenvalue weighted by atomic mass is 16.2. The van der Waals surface area contributed by atoms with Crippen LogP contribution in [0, 0.1) is 17.3 Å². The van der Waals surface area contributed by atoms with Crippen molar-refractivity contribution in [1.82, 2.24) is 5.32 Å². The van der Waals surface area contributed by atoms with Crippen LogP contribution in [0.2, 0.25) is 0 Å². The number of ketones is 1. The van der Waals surface area contributed by atoms with E-state index in [1.807, 2.05) is 68.4 Å². The number of benzodiazepines with no additional fused rings is 1. The lowest BCUT2D eigenvalue weighted by Gasteiger charge is -2.38. The number of benzene rings is 2. The minimum atomic E-state index is -1.15. The van der Waals surface area contributed by atoms with Gasteiger partial charge in [0.25, 0.3) is 5.91 Å². The molecule has 0 aromatic heterocycles. The number of anilines is 1. The Labute approximate surface area is 220 Å². The highest BCUT2D eigenvalue weighted by Crippen LogP contribution is 2.41. The molecule has 0 spiro atoms. The van der Waals surface area contributed by atoms with Crippen LogP contribution in [0.15, 0.2) is 84.9 Å². The second kappa shape index (κ2) is 12.0. The normalized spacial score (nSPS) is 16.4. The van der Waals surface area contributed by atoms with Crippen LogP contribution in [0.5, 0.6) is 0 Å². The van der Waals surface area contributed by atoms with Gasteiger partial charge in [-0.2, -0.15) is 0 Å². The Morgan fingerprint density at radius 1 is 1.05 bits per heavy atom. The number of Topliss-reactive ketones (excluding diaryl/α,β-unsaturated/α-hetero) is 1. The van der Waals surface area contributed by atoms with Crippen LogP contribution in [0.3, 0.4) is 0 Å². The van der Waals surface area contributed by atoms with Gasteiger partial charge in [-0.1, -0.05) is 74.5 Å². The molecule has 0 aliphatic carbocycles. The van der Waals surface area contributed by atoms with Crippen LogP contribution in [-0.2, 0) is 14.4 Å². The van der Waals surface area contributed by atoms with Crippen LogP contribution in [0.4, 0.5) is 5.69 Å². The van der Waals surface area contributed by atoms with Crippen molar-refractivity contribution in [2.24, 2.45) is 22.2 Å². The van der Waals surface area contributed by atoms with Gasteiger partial charge in [0.1, 0.15) is 5.78 Å². The molecule has 1 aliphatic rings. The van der Waals surface area contributed by atoms with Gasteiger partial charge >= 0.3 is 0 Å². The summed E-state index contributed by atoms with van der Waals surface area (Å²) in [6, 6.07) is 17.2. The fourth-order valence-electron chi connectivity index (χ4n) is 5.15. The summed E-state index contributed by atoms with van der Waals surface area (Å²) in [6.07, 6.45) is 3.35. The molecule has 1 aliphatic heterocycles. The molecule has 0 unspecified atom stereocenters. The molecule has 2 amide bonds. The first-order valence-corrected chi connectivity index (χ1v) is 12.7. The average molecular weight is 500 g/mol. The molecular weight excluding hydrogens is 462 g/mol. The van der Waals surface area contributed by atoms with Crippen molar-refractivity contribution >= 4 is 29.0 Å². The predicted molar refractivity (Wildman–Crippen MR) is 150 cm³/mol. The maximum absolute atomic E-state index is 14.0. The monoisotopic (exact) mass is 499 g/mol. The third-order valence-electron chi connectivity index (χ3n) is 7.08.